The van der Waals surface area contributed by atoms with E-state index in [4.69, 9.17) is 14.0 Å². The van der Waals surface area contributed by atoms with Crippen molar-refractivity contribution in [1.29, 1.82) is 0 Å². The van der Waals surface area contributed by atoms with Crippen molar-refractivity contribution in [3.05, 3.63) is 53.7 Å². The van der Waals surface area contributed by atoms with Gasteiger partial charge in [-0.2, -0.15) is 0 Å². The second-order valence-electron chi connectivity index (χ2n) is 8.57. The summed E-state index contributed by atoms with van der Waals surface area (Å²) in [6.45, 7) is 2.47. The normalized spacial score (nSPS) is 21.8. The van der Waals surface area contributed by atoms with Gasteiger partial charge in [0, 0.05) is 37.5 Å². The third kappa shape index (κ3) is 3.36. The first kappa shape index (κ1) is 19.2. The molecule has 6 rings (SSSR count). The van der Waals surface area contributed by atoms with E-state index in [1.54, 1.807) is 0 Å². The molecule has 1 saturated heterocycles. The van der Waals surface area contributed by atoms with Crippen LogP contribution in [0.1, 0.15) is 23.6 Å². The Kier molecular flexibility index (Phi) is 4.52. The first-order valence-electron chi connectivity index (χ1n) is 11.0. The molecule has 2 unspecified atom stereocenters. The summed E-state index contributed by atoms with van der Waals surface area (Å²) in [6.07, 6.45) is 1.07. The zero-order valence-electron chi connectivity index (χ0n) is 17.5. The van der Waals surface area contributed by atoms with Crippen LogP contribution >= 0.6 is 0 Å². The van der Waals surface area contributed by atoms with Crippen LogP contribution < -0.4 is 9.47 Å². The van der Waals surface area contributed by atoms with Crippen LogP contribution in [0.15, 0.2) is 47.0 Å². The number of benzene rings is 2. The van der Waals surface area contributed by atoms with Gasteiger partial charge in [-0.1, -0.05) is 23.4 Å². The van der Waals surface area contributed by atoms with E-state index in [1.807, 2.05) is 52.3 Å². The van der Waals surface area contributed by atoms with Crippen LogP contribution in [0.3, 0.4) is 0 Å². The van der Waals surface area contributed by atoms with Gasteiger partial charge in [0.1, 0.15) is 5.69 Å². The third-order valence-corrected chi connectivity index (χ3v) is 6.65. The lowest BCUT2D eigenvalue weighted by Gasteiger charge is -2.35. The Morgan fingerprint density at radius 1 is 0.969 bits per heavy atom. The monoisotopic (exact) mass is 433 g/mol. The largest absolute Gasteiger partial charge is 0.454 e. The molecule has 0 N–H and O–H groups in total. The number of carbonyl (C=O) groups is 2. The van der Waals surface area contributed by atoms with Gasteiger partial charge in [0.25, 0.3) is 0 Å². The Hall–Kier alpha value is -3.55. The zero-order chi connectivity index (χ0) is 21.7. The highest BCUT2D eigenvalue weighted by molar-refractivity contribution is 5.87. The molecule has 8 nitrogen and oxygen atoms in total. The molecule has 1 aliphatic carbocycles. The van der Waals surface area contributed by atoms with Crippen LogP contribution in [0.5, 0.6) is 11.5 Å². The standard InChI is InChI=1S/C24H23N3O5/c28-23(13-19-16-3-1-2-4-20(16)32-25-19)26-7-9-27(10-8-26)24(29)18-12-17(18)15-5-6-21-22(11-15)31-14-30-21/h1-6,11,17-18H,7-10,12-14H2. The minimum Gasteiger partial charge on any atom is -0.454 e. The first-order valence-corrected chi connectivity index (χ1v) is 11.0. The molecule has 164 valence electrons. The molecule has 2 amide bonds. The van der Waals surface area contributed by atoms with Crippen LogP contribution in [-0.2, 0) is 16.0 Å². The molecule has 3 aromatic rings. The van der Waals surface area contributed by atoms with Gasteiger partial charge in [-0.25, -0.2) is 0 Å². The van der Waals surface area contributed by atoms with Gasteiger partial charge in [0.15, 0.2) is 17.1 Å². The lowest BCUT2D eigenvalue weighted by molar-refractivity contribution is -0.140. The van der Waals surface area contributed by atoms with Crippen molar-refractivity contribution in [1.82, 2.24) is 15.0 Å². The first-order chi connectivity index (χ1) is 15.7. The highest BCUT2D eigenvalue weighted by atomic mass is 16.7. The van der Waals surface area contributed by atoms with Crippen LogP contribution in [0, 0.1) is 5.92 Å². The van der Waals surface area contributed by atoms with Crippen molar-refractivity contribution in [3.63, 3.8) is 0 Å². The van der Waals surface area contributed by atoms with E-state index in [0.717, 1.165) is 28.9 Å². The zero-order valence-corrected chi connectivity index (χ0v) is 17.5. The minimum atomic E-state index is 0.0131. The lowest BCUT2D eigenvalue weighted by Crippen LogP contribution is -2.51. The average Bonchev–Trinajstić information content (AvgIpc) is 3.31. The molecular formula is C24H23N3O5. The Labute approximate surface area is 184 Å². The summed E-state index contributed by atoms with van der Waals surface area (Å²) < 4.78 is 16.1. The van der Waals surface area contributed by atoms with E-state index in [9.17, 15) is 9.59 Å². The van der Waals surface area contributed by atoms with Crippen molar-refractivity contribution >= 4 is 22.8 Å². The highest BCUT2D eigenvalue weighted by Gasteiger charge is 2.46. The number of rotatable bonds is 4. The summed E-state index contributed by atoms with van der Waals surface area (Å²) in [6, 6.07) is 13.5. The number of ether oxygens (including phenoxy) is 2. The summed E-state index contributed by atoms with van der Waals surface area (Å²) in [5.41, 5.74) is 2.47. The summed E-state index contributed by atoms with van der Waals surface area (Å²) in [4.78, 5) is 29.5. The second kappa shape index (κ2) is 7.55. The molecule has 3 aliphatic rings. The SMILES string of the molecule is O=C(Cc1noc2ccccc12)N1CCN(C(=O)C2CC2c2ccc3c(c2)OCO3)CC1. The molecule has 2 aromatic carbocycles. The number of hydrogen-bond acceptors (Lipinski definition) is 6. The number of amides is 2. The maximum Gasteiger partial charge on any atom is 0.231 e. The number of nitrogens with zero attached hydrogens (tertiary/aromatic N) is 3. The maximum atomic E-state index is 13.0. The van der Waals surface area contributed by atoms with E-state index in [1.165, 1.54) is 0 Å². The second-order valence-corrected chi connectivity index (χ2v) is 8.57. The lowest BCUT2D eigenvalue weighted by atomic mass is 10.1. The number of para-hydroxylation sites is 1. The van der Waals surface area contributed by atoms with Crippen molar-refractivity contribution in [2.45, 2.75) is 18.8 Å². The third-order valence-electron chi connectivity index (χ3n) is 6.65. The molecular weight excluding hydrogens is 410 g/mol. The fraction of sp³-hybridized carbons (Fsp3) is 0.375. The van der Waals surface area contributed by atoms with E-state index >= 15 is 0 Å². The van der Waals surface area contributed by atoms with Gasteiger partial charge in [0.05, 0.1) is 6.42 Å². The van der Waals surface area contributed by atoms with Crippen molar-refractivity contribution in [2.75, 3.05) is 33.0 Å². The summed E-state index contributed by atoms with van der Waals surface area (Å²) in [5, 5.41) is 4.93. The Bertz CT molecular complexity index is 1200. The van der Waals surface area contributed by atoms with Crippen LogP contribution in [0.25, 0.3) is 11.0 Å². The topological polar surface area (TPSA) is 85.1 Å². The van der Waals surface area contributed by atoms with Gasteiger partial charge in [-0.15, -0.1) is 0 Å². The molecule has 2 aliphatic heterocycles. The van der Waals surface area contributed by atoms with Crippen molar-refractivity contribution in [2.24, 2.45) is 5.92 Å². The molecule has 3 heterocycles. The van der Waals surface area contributed by atoms with Crippen LogP contribution in [0.4, 0.5) is 0 Å². The van der Waals surface area contributed by atoms with Gasteiger partial charge in [-0.3, -0.25) is 9.59 Å². The Morgan fingerprint density at radius 2 is 1.75 bits per heavy atom. The summed E-state index contributed by atoms with van der Waals surface area (Å²) in [5.74, 6) is 1.96. The average molecular weight is 433 g/mol. The van der Waals surface area contributed by atoms with Crippen LogP contribution in [-0.4, -0.2) is 59.7 Å². The van der Waals surface area contributed by atoms with E-state index < -0.39 is 0 Å². The predicted octanol–water partition coefficient (Wildman–Crippen LogP) is 2.57. The van der Waals surface area contributed by atoms with E-state index in [-0.39, 0.29) is 36.9 Å². The summed E-state index contributed by atoms with van der Waals surface area (Å²) >= 11 is 0. The maximum absolute atomic E-state index is 13.0. The molecule has 1 aromatic heterocycles. The van der Waals surface area contributed by atoms with E-state index in [2.05, 4.69) is 5.16 Å². The predicted molar refractivity (Wildman–Crippen MR) is 114 cm³/mol. The number of carbonyl (C=O) groups excluding carboxylic acids is 2. The van der Waals surface area contributed by atoms with Gasteiger partial charge in [-0.05, 0) is 42.2 Å². The number of fused-ring (bicyclic) bond motifs is 2. The molecule has 8 heteroatoms. The van der Waals surface area contributed by atoms with Crippen molar-refractivity contribution < 1.29 is 23.6 Å². The minimum absolute atomic E-state index is 0.0131. The smallest absolute Gasteiger partial charge is 0.231 e. The molecule has 0 spiro atoms. The van der Waals surface area contributed by atoms with Gasteiger partial charge >= 0.3 is 0 Å². The quantitative estimate of drug-likeness (QED) is 0.629. The number of piperazine rings is 1. The molecule has 1 saturated carbocycles. The highest BCUT2D eigenvalue weighted by Crippen LogP contribution is 2.50. The van der Waals surface area contributed by atoms with Crippen molar-refractivity contribution in [3.8, 4) is 11.5 Å². The Balaban J connectivity index is 1.04. The molecule has 2 atom stereocenters. The number of aromatic nitrogens is 1. The molecule has 0 bridgehead atoms. The molecule has 2 fully saturated rings. The molecule has 0 radical (unpaired) electrons. The fourth-order valence-electron chi connectivity index (χ4n) is 4.71. The summed E-state index contributed by atoms with van der Waals surface area (Å²) in [7, 11) is 0. The Morgan fingerprint density at radius 3 is 2.62 bits per heavy atom. The van der Waals surface area contributed by atoms with Crippen LogP contribution in [0.2, 0.25) is 0 Å². The van der Waals surface area contributed by atoms with Gasteiger partial charge in [0.2, 0.25) is 18.6 Å². The molecule has 32 heavy (non-hydrogen) atoms. The van der Waals surface area contributed by atoms with Gasteiger partial charge < -0.3 is 23.8 Å². The fourth-order valence-corrected chi connectivity index (χ4v) is 4.71. The number of hydrogen-bond donors (Lipinski definition) is 0. The van der Waals surface area contributed by atoms with E-state index in [0.29, 0.717) is 37.5 Å².